The topological polar surface area (TPSA) is 76.8 Å². The summed E-state index contributed by atoms with van der Waals surface area (Å²) in [6, 6.07) is 9.43. The fraction of sp³-hybridized carbons (Fsp3) is 0.143. The summed E-state index contributed by atoms with van der Waals surface area (Å²) in [6.45, 7) is 0. The fourth-order valence-corrected chi connectivity index (χ4v) is 2.67. The van der Waals surface area contributed by atoms with Crippen LogP contribution in [0.25, 0.3) is 11.0 Å². The molecule has 0 aliphatic carbocycles. The molecule has 0 radical (unpaired) electrons. The molecule has 3 aromatic rings. The van der Waals surface area contributed by atoms with Gasteiger partial charge in [0.25, 0.3) is 0 Å². The maximum atomic E-state index is 5.73. The van der Waals surface area contributed by atoms with Crippen LogP contribution < -0.4 is 10.5 Å². The van der Waals surface area contributed by atoms with Crippen LogP contribution in [-0.2, 0) is 5.75 Å². The van der Waals surface area contributed by atoms with Crippen LogP contribution in [0.2, 0.25) is 0 Å². The molecule has 0 spiro atoms. The highest BCUT2D eigenvalue weighted by molar-refractivity contribution is 7.98. The van der Waals surface area contributed by atoms with E-state index >= 15 is 0 Å². The number of methoxy groups -OCH3 is 1. The number of H-pyrrole nitrogens is 1. The van der Waals surface area contributed by atoms with Gasteiger partial charge in [-0.15, -0.1) is 0 Å². The van der Waals surface area contributed by atoms with Gasteiger partial charge in [-0.3, -0.25) is 4.98 Å². The number of hydrogen-bond donors (Lipinski definition) is 2. The Bertz CT molecular complexity index is 741. The minimum atomic E-state index is 0.724. The van der Waals surface area contributed by atoms with Gasteiger partial charge in [0, 0.05) is 23.7 Å². The number of thioether (sulfide) groups is 1. The maximum Gasteiger partial charge on any atom is 0.166 e. The minimum Gasteiger partial charge on any atom is -0.497 e. The van der Waals surface area contributed by atoms with Crippen LogP contribution in [0.5, 0.6) is 5.75 Å². The Labute approximate surface area is 120 Å². The number of aromatic nitrogens is 3. The summed E-state index contributed by atoms with van der Waals surface area (Å²) in [5.41, 5.74) is 9.29. The van der Waals surface area contributed by atoms with Crippen molar-refractivity contribution in [2.75, 3.05) is 12.8 Å². The van der Waals surface area contributed by atoms with Gasteiger partial charge >= 0.3 is 0 Å². The van der Waals surface area contributed by atoms with Gasteiger partial charge in [-0.1, -0.05) is 11.8 Å². The zero-order valence-corrected chi connectivity index (χ0v) is 11.8. The number of ether oxygens (including phenoxy) is 1. The zero-order chi connectivity index (χ0) is 13.9. The summed E-state index contributed by atoms with van der Waals surface area (Å²) in [7, 11) is 1.65. The molecule has 1 aromatic carbocycles. The van der Waals surface area contributed by atoms with Crippen molar-refractivity contribution in [3.8, 4) is 5.75 Å². The van der Waals surface area contributed by atoms with Crippen molar-refractivity contribution in [2.45, 2.75) is 10.9 Å². The predicted octanol–water partition coefficient (Wildman–Crippen LogP) is 2.84. The van der Waals surface area contributed by atoms with Crippen molar-refractivity contribution in [1.82, 2.24) is 15.0 Å². The number of rotatable bonds is 4. The summed E-state index contributed by atoms with van der Waals surface area (Å²) in [5, 5.41) is 0.859. The molecule has 3 N–H and O–H groups in total. The Morgan fingerprint density at radius 1 is 1.30 bits per heavy atom. The van der Waals surface area contributed by atoms with Crippen LogP contribution in [-0.4, -0.2) is 22.1 Å². The molecule has 0 amide bonds. The molecule has 0 saturated carbocycles. The minimum absolute atomic E-state index is 0.724. The number of nitrogens with two attached hydrogens (primary N) is 1. The third-order valence-corrected chi connectivity index (χ3v) is 3.77. The van der Waals surface area contributed by atoms with Gasteiger partial charge in [-0.25, -0.2) is 4.98 Å². The standard InChI is InChI=1S/C14H14N4OS/c1-19-11-2-3-12-13(7-11)18-14(17-12)20-8-10-6-9(15)4-5-16-10/h2-7H,8H2,1H3,(H2,15,16)(H,17,18). The zero-order valence-electron chi connectivity index (χ0n) is 11.0. The van der Waals surface area contributed by atoms with E-state index < -0.39 is 0 Å². The van der Waals surface area contributed by atoms with E-state index in [-0.39, 0.29) is 0 Å². The van der Waals surface area contributed by atoms with E-state index in [1.165, 1.54) is 0 Å². The van der Waals surface area contributed by atoms with Crippen molar-refractivity contribution in [2.24, 2.45) is 0 Å². The number of nitrogen functional groups attached to an aromatic ring is 1. The number of nitrogens with one attached hydrogen (secondary N) is 1. The number of anilines is 1. The number of benzene rings is 1. The fourth-order valence-electron chi connectivity index (χ4n) is 1.88. The monoisotopic (exact) mass is 286 g/mol. The van der Waals surface area contributed by atoms with E-state index in [9.17, 15) is 0 Å². The summed E-state index contributed by atoms with van der Waals surface area (Å²) < 4.78 is 5.20. The molecular formula is C14H14N4OS. The first-order chi connectivity index (χ1) is 9.74. The Kier molecular flexibility index (Phi) is 3.47. The normalized spacial score (nSPS) is 10.8. The smallest absolute Gasteiger partial charge is 0.166 e. The van der Waals surface area contributed by atoms with Crippen molar-refractivity contribution < 1.29 is 4.74 Å². The first kappa shape index (κ1) is 12.8. The Balaban J connectivity index is 1.77. The molecule has 0 fully saturated rings. The molecule has 0 saturated heterocycles. The first-order valence-corrected chi connectivity index (χ1v) is 7.10. The van der Waals surface area contributed by atoms with Gasteiger partial charge in [-0.05, 0) is 24.3 Å². The van der Waals surface area contributed by atoms with Crippen molar-refractivity contribution in [3.05, 3.63) is 42.2 Å². The highest BCUT2D eigenvalue weighted by atomic mass is 32.2. The van der Waals surface area contributed by atoms with Gasteiger partial charge in [0.1, 0.15) is 5.75 Å². The second kappa shape index (κ2) is 5.42. The van der Waals surface area contributed by atoms with Crippen LogP contribution in [0.1, 0.15) is 5.69 Å². The van der Waals surface area contributed by atoms with Gasteiger partial charge in [0.15, 0.2) is 5.16 Å². The van der Waals surface area contributed by atoms with E-state index in [0.29, 0.717) is 0 Å². The molecule has 3 rings (SSSR count). The third kappa shape index (κ3) is 2.70. The van der Waals surface area contributed by atoms with Gasteiger partial charge in [0.05, 0.1) is 23.8 Å². The molecule has 102 valence electrons. The lowest BCUT2D eigenvalue weighted by Gasteiger charge is -1.99. The van der Waals surface area contributed by atoms with E-state index in [1.54, 1.807) is 31.1 Å². The van der Waals surface area contributed by atoms with Crippen LogP contribution in [0.3, 0.4) is 0 Å². The molecular weight excluding hydrogens is 272 g/mol. The average molecular weight is 286 g/mol. The van der Waals surface area contributed by atoms with Gasteiger partial charge in [-0.2, -0.15) is 0 Å². The number of aromatic amines is 1. The molecule has 20 heavy (non-hydrogen) atoms. The SMILES string of the molecule is COc1ccc2nc(SCc3cc(N)ccn3)[nH]c2c1. The number of pyridine rings is 1. The highest BCUT2D eigenvalue weighted by Gasteiger charge is 2.05. The summed E-state index contributed by atoms with van der Waals surface area (Å²) >= 11 is 1.60. The van der Waals surface area contributed by atoms with Crippen LogP contribution in [0.4, 0.5) is 5.69 Å². The summed E-state index contributed by atoms with van der Waals surface area (Å²) in [4.78, 5) is 12.1. The van der Waals surface area contributed by atoms with E-state index in [1.807, 2.05) is 24.3 Å². The summed E-state index contributed by atoms with van der Waals surface area (Å²) in [5.74, 6) is 1.54. The number of hydrogen-bond acceptors (Lipinski definition) is 5. The number of fused-ring (bicyclic) bond motifs is 1. The second-order valence-corrected chi connectivity index (χ2v) is 5.26. The molecule has 0 aliphatic rings. The molecule has 0 unspecified atom stereocenters. The Hall–Kier alpha value is -2.21. The van der Waals surface area contributed by atoms with Gasteiger partial charge < -0.3 is 15.5 Å². The Morgan fingerprint density at radius 3 is 3.00 bits per heavy atom. The lowest BCUT2D eigenvalue weighted by molar-refractivity contribution is 0.415. The Morgan fingerprint density at radius 2 is 2.20 bits per heavy atom. The van der Waals surface area contributed by atoms with E-state index in [4.69, 9.17) is 10.5 Å². The number of nitrogens with zero attached hydrogens (tertiary/aromatic N) is 2. The number of imidazole rings is 1. The molecule has 6 heteroatoms. The quantitative estimate of drug-likeness (QED) is 0.721. The molecule has 5 nitrogen and oxygen atoms in total. The van der Waals surface area contributed by atoms with Crippen LogP contribution in [0, 0.1) is 0 Å². The van der Waals surface area contributed by atoms with Crippen LogP contribution in [0.15, 0.2) is 41.7 Å². The third-order valence-electron chi connectivity index (χ3n) is 2.86. The highest BCUT2D eigenvalue weighted by Crippen LogP contribution is 2.25. The van der Waals surface area contributed by atoms with Crippen molar-refractivity contribution >= 4 is 28.5 Å². The second-order valence-electron chi connectivity index (χ2n) is 4.29. The van der Waals surface area contributed by atoms with Crippen molar-refractivity contribution in [3.63, 3.8) is 0 Å². The lowest BCUT2D eigenvalue weighted by atomic mass is 10.3. The molecule has 0 bridgehead atoms. The molecule has 0 atom stereocenters. The van der Waals surface area contributed by atoms with E-state index in [0.717, 1.165) is 39.1 Å². The summed E-state index contributed by atoms with van der Waals surface area (Å²) in [6.07, 6.45) is 1.72. The molecule has 2 heterocycles. The van der Waals surface area contributed by atoms with Gasteiger partial charge in [0.2, 0.25) is 0 Å². The lowest BCUT2D eigenvalue weighted by Crippen LogP contribution is -1.90. The predicted molar refractivity (Wildman–Crippen MR) is 80.9 cm³/mol. The maximum absolute atomic E-state index is 5.73. The largest absolute Gasteiger partial charge is 0.497 e. The first-order valence-electron chi connectivity index (χ1n) is 6.11. The molecule has 0 aliphatic heterocycles. The van der Waals surface area contributed by atoms with E-state index in [2.05, 4.69) is 15.0 Å². The van der Waals surface area contributed by atoms with Crippen LogP contribution >= 0.6 is 11.8 Å². The van der Waals surface area contributed by atoms with Crippen molar-refractivity contribution in [1.29, 1.82) is 0 Å². The molecule has 2 aromatic heterocycles. The average Bonchev–Trinajstić information content (AvgIpc) is 2.87.